The first-order valence-electron chi connectivity index (χ1n) is 6.35. The van der Waals surface area contributed by atoms with Gasteiger partial charge in [0.2, 0.25) is 0 Å². The highest BCUT2D eigenvalue weighted by atomic mass is 17.1. The molecule has 0 spiro atoms. The molecule has 0 fully saturated rings. The van der Waals surface area contributed by atoms with E-state index in [4.69, 9.17) is 5.26 Å². The van der Waals surface area contributed by atoms with Gasteiger partial charge in [-0.25, -0.2) is 4.89 Å². The molecule has 0 aliphatic heterocycles. The van der Waals surface area contributed by atoms with Gasteiger partial charge in [-0.1, -0.05) is 23.8 Å². The predicted octanol–water partition coefficient (Wildman–Crippen LogP) is 2.65. The number of aliphatic hydroxyl groups excluding tert-OH is 1. The molecule has 0 bridgehead atoms. The van der Waals surface area contributed by atoms with Crippen LogP contribution in [-0.2, 0) is 9.68 Å². The average Bonchev–Trinajstić information content (AvgIpc) is 2.56. The molecule has 2 atom stereocenters. The molecule has 106 valence electrons. The van der Waals surface area contributed by atoms with Crippen molar-refractivity contribution < 1.29 is 20.0 Å². The van der Waals surface area contributed by atoms with Crippen molar-refractivity contribution in [1.82, 2.24) is 0 Å². The van der Waals surface area contributed by atoms with Gasteiger partial charge >= 0.3 is 0 Å². The molecule has 0 aromatic rings. The molecular weight excluding hydrogens is 244 g/mol. The van der Waals surface area contributed by atoms with Gasteiger partial charge in [-0.3, -0.25) is 10.1 Å². The van der Waals surface area contributed by atoms with Crippen LogP contribution in [0.4, 0.5) is 0 Å². The summed E-state index contributed by atoms with van der Waals surface area (Å²) in [5.41, 5.74) is 0.888. The van der Waals surface area contributed by atoms with Crippen molar-refractivity contribution >= 4 is 5.78 Å². The van der Waals surface area contributed by atoms with E-state index in [0.29, 0.717) is 12.0 Å². The maximum atomic E-state index is 11.8. The number of hydrogen-bond donors (Lipinski definition) is 2. The zero-order chi connectivity index (χ0) is 14.6. The quantitative estimate of drug-likeness (QED) is 0.456. The van der Waals surface area contributed by atoms with Crippen molar-refractivity contribution in [1.29, 1.82) is 0 Å². The van der Waals surface area contributed by atoms with Gasteiger partial charge in [0, 0.05) is 0 Å². The van der Waals surface area contributed by atoms with Crippen molar-refractivity contribution in [3.63, 3.8) is 0 Å². The molecule has 4 nitrogen and oxygen atoms in total. The fourth-order valence-electron chi connectivity index (χ4n) is 1.97. The summed E-state index contributed by atoms with van der Waals surface area (Å²) in [5.74, 6) is -0.481. The lowest BCUT2D eigenvalue weighted by Gasteiger charge is -2.14. The van der Waals surface area contributed by atoms with Gasteiger partial charge in [-0.05, 0) is 45.8 Å². The van der Waals surface area contributed by atoms with Crippen molar-refractivity contribution in [3.05, 3.63) is 35.5 Å². The lowest BCUT2D eigenvalue weighted by atomic mass is 9.98. The van der Waals surface area contributed by atoms with E-state index in [9.17, 15) is 9.90 Å². The zero-order valence-electron chi connectivity index (χ0n) is 11.9. The van der Waals surface area contributed by atoms with Gasteiger partial charge in [-0.15, -0.1) is 0 Å². The van der Waals surface area contributed by atoms with Gasteiger partial charge in [0.1, 0.15) is 5.60 Å². The van der Waals surface area contributed by atoms with Crippen LogP contribution in [0.2, 0.25) is 0 Å². The van der Waals surface area contributed by atoms with Crippen LogP contribution in [0.5, 0.6) is 0 Å². The van der Waals surface area contributed by atoms with Gasteiger partial charge in [0.25, 0.3) is 0 Å². The van der Waals surface area contributed by atoms with Gasteiger partial charge in [0.15, 0.2) is 5.78 Å². The van der Waals surface area contributed by atoms with E-state index in [1.165, 1.54) is 0 Å². The Balaban J connectivity index is 2.62. The lowest BCUT2D eigenvalue weighted by molar-refractivity contribution is -0.297. The first-order valence-corrected chi connectivity index (χ1v) is 6.35. The third-order valence-corrected chi connectivity index (χ3v) is 3.14. The van der Waals surface area contributed by atoms with Crippen molar-refractivity contribution in [2.45, 2.75) is 45.8 Å². The van der Waals surface area contributed by atoms with Gasteiger partial charge in [-0.2, -0.15) is 0 Å². The number of aliphatic hydroxyl groups is 1. The largest absolute Gasteiger partial charge is 0.388 e. The summed E-state index contributed by atoms with van der Waals surface area (Å²) in [6.45, 7) is 7.10. The molecule has 4 heteroatoms. The van der Waals surface area contributed by atoms with Crippen molar-refractivity contribution in [2.75, 3.05) is 0 Å². The Morgan fingerprint density at radius 2 is 2.16 bits per heavy atom. The summed E-state index contributed by atoms with van der Waals surface area (Å²) in [6.07, 6.45) is 6.94. The second-order valence-electron chi connectivity index (χ2n) is 5.54. The number of allylic oxidation sites excluding steroid dienone is 3. The second kappa shape index (κ2) is 6.28. The standard InChI is InChI=1S/C15H22O4/c1-10(6-5-7-15(3,4)19-18)8-12-13(16)9-11(2)14(12)17/h5,7-9,12-13,16,18H,6H2,1-4H3/b7-5+,10-8+/t12-,13+/m1/s1. The Labute approximate surface area is 114 Å². The number of carbonyl (C=O) groups excluding carboxylic acids is 1. The first-order chi connectivity index (χ1) is 8.76. The van der Waals surface area contributed by atoms with E-state index in [-0.39, 0.29) is 5.78 Å². The van der Waals surface area contributed by atoms with E-state index < -0.39 is 17.6 Å². The third-order valence-electron chi connectivity index (χ3n) is 3.14. The molecule has 0 aromatic carbocycles. The highest BCUT2D eigenvalue weighted by Gasteiger charge is 2.30. The molecule has 1 rings (SSSR count). The average molecular weight is 266 g/mol. The Bertz CT molecular complexity index is 429. The van der Waals surface area contributed by atoms with E-state index in [1.54, 1.807) is 39.0 Å². The van der Waals surface area contributed by atoms with Crippen LogP contribution < -0.4 is 0 Å². The third kappa shape index (κ3) is 4.42. The summed E-state index contributed by atoms with van der Waals surface area (Å²) < 4.78 is 0. The molecular formula is C15H22O4. The van der Waals surface area contributed by atoms with Crippen LogP contribution in [0.3, 0.4) is 0 Å². The molecule has 0 saturated heterocycles. The van der Waals surface area contributed by atoms with Crippen LogP contribution in [0.1, 0.15) is 34.1 Å². The number of Topliss-reactive ketones (excluding diaryl/α,β-unsaturated/α-hetero) is 1. The van der Waals surface area contributed by atoms with Gasteiger partial charge < -0.3 is 5.11 Å². The molecule has 0 unspecified atom stereocenters. The molecule has 1 aliphatic rings. The SMILES string of the molecule is CC1=C[C@H](O)[C@@H](/C=C(\C)C/C=C/C(C)(C)OO)C1=O. The van der Waals surface area contributed by atoms with Crippen molar-refractivity contribution in [2.24, 2.45) is 5.92 Å². The number of carbonyl (C=O) groups is 1. The molecule has 0 amide bonds. The van der Waals surface area contributed by atoms with Crippen LogP contribution in [-0.4, -0.2) is 27.9 Å². The smallest absolute Gasteiger partial charge is 0.168 e. The first kappa shape index (κ1) is 15.8. The summed E-state index contributed by atoms with van der Waals surface area (Å²) in [7, 11) is 0. The maximum Gasteiger partial charge on any atom is 0.168 e. The minimum atomic E-state index is -0.721. The second-order valence-corrected chi connectivity index (χ2v) is 5.54. The minimum Gasteiger partial charge on any atom is -0.388 e. The molecule has 2 N–H and O–H groups in total. The lowest BCUT2D eigenvalue weighted by Crippen LogP contribution is -2.19. The molecule has 0 heterocycles. The van der Waals surface area contributed by atoms with Crippen molar-refractivity contribution in [3.8, 4) is 0 Å². The highest BCUT2D eigenvalue weighted by Crippen LogP contribution is 2.24. The normalized spacial score (nSPS) is 25.3. The van der Waals surface area contributed by atoms with Crippen LogP contribution in [0.25, 0.3) is 0 Å². The van der Waals surface area contributed by atoms with E-state index in [0.717, 1.165) is 5.57 Å². The van der Waals surface area contributed by atoms with Crippen LogP contribution in [0.15, 0.2) is 35.5 Å². The number of ketones is 1. The highest BCUT2D eigenvalue weighted by molar-refractivity contribution is 6.01. The van der Waals surface area contributed by atoms with E-state index in [1.807, 2.05) is 13.0 Å². The van der Waals surface area contributed by atoms with Crippen LogP contribution in [0, 0.1) is 5.92 Å². The summed E-state index contributed by atoms with van der Waals surface area (Å²) in [5, 5.41) is 18.4. The predicted molar refractivity (Wildman–Crippen MR) is 73.6 cm³/mol. The Morgan fingerprint density at radius 1 is 1.53 bits per heavy atom. The summed E-state index contributed by atoms with van der Waals surface area (Å²) in [6, 6.07) is 0. The zero-order valence-corrected chi connectivity index (χ0v) is 11.9. The van der Waals surface area contributed by atoms with E-state index in [2.05, 4.69) is 4.89 Å². The van der Waals surface area contributed by atoms with Crippen LogP contribution >= 0.6 is 0 Å². The number of rotatable bonds is 5. The summed E-state index contributed by atoms with van der Waals surface area (Å²) in [4.78, 5) is 16.1. The molecule has 0 aromatic heterocycles. The Hall–Kier alpha value is -1.23. The minimum absolute atomic E-state index is 0.0187. The number of hydrogen-bond acceptors (Lipinski definition) is 4. The topological polar surface area (TPSA) is 66.8 Å². The monoisotopic (exact) mass is 266 g/mol. The summed E-state index contributed by atoms with van der Waals surface area (Å²) >= 11 is 0. The molecule has 0 saturated carbocycles. The molecule has 19 heavy (non-hydrogen) atoms. The fraction of sp³-hybridized carbons (Fsp3) is 0.533. The van der Waals surface area contributed by atoms with E-state index >= 15 is 0 Å². The molecule has 1 aliphatic carbocycles. The Kier molecular flexibility index (Phi) is 5.23. The molecule has 0 radical (unpaired) electrons. The fourth-order valence-corrected chi connectivity index (χ4v) is 1.97. The maximum absolute atomic E-state index is 11.8. The Morgan fingerprint density at radius 3 is 2.63 bits per heavy atom. The van der Waals surface area contributed by atoms with Gasteiger partial charge in [0.05, 0.1) is 12.0 Å².